The van der Waals surface area contributed by atoms with Crippen molar-refractivity contribution in [1.82, 2.24) is 9.88 Å². The Morgan fingerprint density at radius 2 is 2.21 bits per heavy atom. The minimum atomic E-state index is -0.984. The Labute approximate surface area is 114 Å². The fraction of sp³-hybridized carbons (Fsp3) is 0.583. The molecule has 0 unspecified atom stereocenters. The van der Waals surface area contributed by atoms with Crippen molar-refractivity contribution in [3.8, 4) is 0 Å². The van der Waals surface area contributed by atoms with Gasteiger partial charge < -0.3 is 10.0 Å². The van der Waals surface area contributed by atoms with Crippen molar-refractivity contribution in [2.24, 2.45) is 5.92 Å². The molecular formula is C12H15N3O3S. The summed E-state index contributed by atoms with van der Waals surface area (Å²) in [7, 11) is 0. The minimum absolute atomic E-state index is 0.0439. The number of hydrogen-bond acceptors (Lipinski definition) is 4. The highest BCUT2D eigenvalue weighted by molar-refractivity contribution is 7.17. The van der Waals surface area contributed by atoms with Crippen LogP contribution in [0.25, 0.3) is 0 Å². The van der Waals surface area contributed by atoms with Crippen LogP contribution in [0, 0.1) is 12.8 Å². The first-order chi connectivity index (χ1) is 9.06. The molecule has 0 bridgehead atoms. The van der Waals surface area contributed by atoms with E-state index in [2.05, 4.69) is 4.98 Å². The van der Waals surface area contributed by atoms with Gasteiger partial charge in [-0.1, -0.05) is 11.3 Å². The molecule has 2 fully saturated rings. The topological polar surface area (TPSA) is 73.7 Å². The number of carbonyl (C=O) groups is 2. The first-order valence-electron chi connectivity index (χ1n) is 6.33. The fourth-order valence-electron chi connectivity index (χ4n) is 2.24. The standard InChI is InChI=1S/C12H15N3O3S/c1-7-9(10(16)17)19-11(13-7)15-5-4-14(12(15)18)6-8-2-3-8/h8H,2-6H2,1H3,(H,16,17). The zero-order chi connectivity index (χ0) is 13.6. The van der Waals surface area contributed by atoms with Crippen molar-refractivity contribution in [2.75, 3.05) is 24.5 Å². The van der Waals surface area contributed by atoms with Crippen LogP contribution in [-0.2, 0) is 0 Å². The monoisotopic (exact) mass is 281 g/mol. The molecule has 1 saturated heterocycles. The second-order valence-electron chi connectivity index (χ2n) is 5.04. The maximum Gasteiger partial charge on any atom is 0.347 e. The largest absolute Gasteiger partial charge is 0.477 e. The predicted molar refractivity (Wildman–Crippen MR) is 70.8 cm³/mol. The Balaban J connectivity index is 1.77. The Hall–Kier alpha value is -1.63. The molecule has 6 nitrogen and oxygen atoms in total. The van der Waals surface area contributed by atoms with Crippen molar-refractivity contribution >= 4 is 28.5 Å². The lowest BCUT2D eigenvalue weighted by Gasteiger charge is -2.16. The number of rotatable bonds is 4. The van der Waals surface area contributed by atoms with E-state index in [-0.39, 0.29) is 10.9 Å². The lowest BCUT2D eigenvalue weighted by Crippen LogP contribution is -2.33. The molecule has 0 aromatic carbocycles. The number of aromatic carboxylic acids is 1. The van der Waals surface area contributed by atoms with Crippen LogP contribution >= 0.6 is 11.3 Å². The third-order valence-electron chi connectivity index (χ3n) is 3.48. The third kappa shape index (κ3) is 2.30. The van der Waals surface area contributed by atoms with Gasteiger partial charge in [0.15, 0.2) is 5.13 Å². The highest BCUT2D eigenvalue weighted by Gasteiger charge is 2.35. The highest BCUT2D eigenvalue weighted by Crippen LogP contribution is 2.33. The summed E-state index contributed by atoms with van der Waals surface area (Å²) in [5.41, 5.74) is 0.473. The number of thiazole rings is 1. The summed E-state index contributed by atoms with van der Waals surface area (Å²) >= 11 is 1.07. The Morgan fingerprint density at radius 3 is 2.79 bits per heavy atom. The molecule has 0 radical (unpaired) electrons. The number of aromatic nitrogens is 1. The highest BCUT2D eigenvalue weighted by atomic mass is 32.1. The molecule has 2 aliphatic rings. The van der Waals surface area contributed by atoms with Crippen LogP contribution in [0.2, 0.25) is 0 Å². The van der Waals surface area contributed by atoms with Crippen molar-refractivity contribution in [2.45, 2.75) is 19.8 Å². The average molecular weight is 281 g/mol. The molecule has 1 saturated carbocycles. The lowest BCUT2D eigenvalue weighted by molar-refractivity contribution is 0.0701. The summed E-state index contributed by atoms with van der Waals surface area (Å²) in [4.78, 5) is 31.1. The number of amides is 2. The van der Waals surface area contributed by atoms with Gasteiger partial charge in [-0.05, 0) is 25.7 Å². The van der Waals surface area contributed by atoms with Crippen LogP contribution in [0.15, 0.2) is 0 Å². The summed E-state index contributed by atoms with van der Waals surface area (Å²) in [5.74, 6) is -0.320. The van der Waals surface area contributed by atoms with Crippen LogP contribution in [-0.4, -0.2) is 46.6 Å². The van der Waals surface area contributed by atoms with E-state index in [9.17, 15) is 9.59 Å². The van der Waals surface area contributed by atoms with Crippen molar-refractivity contribution in [1.29, 1.82) is 0 Å². The second-order valence-corrected chi connectivity index (χ2v) is 6.02. The number of carbonyl (C=O) groups excluding carboxylic acids is 1. The number of hydrogen-bond donors (Lipinski definition) is 1. The van der Waals surface area contributed by atoms with Crippen LogP contribution in [0.5, 0.6) is 0 Å². The molecule has 19 heavy (non-hydrogen) atoms. The van der Waals surface area contributed by atoms with Gasteiger partial charge in [-0.25, -0.2) is 14.6 Å². The molecule has 1 aromatic rings. The number of carboxylic acid groups (broad SMARTS) is 1. The van der Waals surface area contributed by atoms with Crippen LogP contribution in [0.3, 0.4) is 0 Å². The smallest absolute Gasteiger partial charge is 0.347 e. The summed E-state index contributed by atoms with van der Waals surface area (Å²) in [6.45, 7) is 3.78. The first-order valence-corrected chi connectivity index (χ1v) is 7.15. The van der Waals surface area contributed by atoms with E-state index in [1.54, 1.807) is 11.8 Å². The number of nitrogens with zero attached hydrogens (tertiary/aromatic N) is 3. The molecule has 1 N–H and O–H groups in total. The number of aryl methyl sites for hydroxylation is 1. The van der Waals surface area contributed by atoms with E-state index in [1.165, 1.54) is 12.8 Å². The maximum absolute atomic E-state index is 12.2. The number of anilines is 1. The first kappa shape index (κ1) is 12.4. The van der Waals surface area contributed by atoms with E-state index in [4.69, 9.17) is 5.11 Å². The van der Waals surface area contributed by atoms with Crippen LogP contribution in [0.1, 0.15) is 28.2 Å². The SMILES string of the molecule is Cc1nc(N2CCN(CC3CC3)C2=O)sc1C(=O)O. The van der Waals surface area contributed by atoms with Gasteiger partial charge >= 0.3 is 12.0 Å². The number of urea groups is 1. The predicted octanol–water partition coefficient (Wildman–Crippen LogP) is 1.80. The van der Waals surface area contributed by atoms with E-state index in [1.807, 2.05) is 4.90 Å². The second kappa shape index (κ2) is 4.48. The van der Waals surface area contributed by atoms with Crippen molar-refractivity contribution in [3.05, 3.63) is 10.6 Å². The van der Waals surface area contributed by atoms with Gasteiger partial charge in [0.05, 0.1) is 5.69 Å². The van der Waals surface area contributed by atoms with Crippen LogP contribution in [0.4, 0.5) is 9.93 Å². The molecule has 1 aromatic heterocycles. The van der Waals surface area contributed by atoms with Crippen molar-refractivity contribution in [3.63, 3.8) is 0 Å². The molecule has 1 aliphatic heterocycles. The maximum atomic E-state index is 12.2. The molecule has 1 aliphatic carbocycles. The van der Waals surface area contributed by atoms with E-state index in [0.29, 0.717) is 29.8 Å². The van der Waals surface area contributed by atoms with Gasteiger partial charge in [0.2, 0.25) is 0 Å². The molecule has 7 heteroatoms. The Morgan fingerprint density at radius 1 is 1.47 bits per heavy atom. The van der Waals surface area contributed by atoms with E-state index in [0.717, 1.165) is 17.9 Å². The lowest BCUT2D eigenvalue weighted by atomic mass is 10.4. The molecule has 2 amide bonds. The Kier molecular flexibility index (Phi) is 2.93. The molecule has 0 spiro atoms. The summed E-state index contributed by atoms with van der Waals surface area (Å²) in [6, 6.07) is -0.0439. The molecule has 3 rings (SSSR count). The molecule has 102 valence electrons. The van der Waals surface area contributed by atoms with Gasteiger partial charge in [0, 0.05) is 19.6 Å². The molecule has 2 heterocycles. The molecule has 0 atom stereocenters. The van der Waals surface area contributed by atoms with Crippen molar-refractivity contribution < 1.29 is 14.7 Å². The summed E-state index contributed by atoms with van der Waals surface area (Å²) in [6.07, 6.45) is 2.42. The van der Waals surface area contributed by atoms with Gasteiger partial charge in [-0.15, -0.1) is 0 Å². The molecular weight excluding hydrogens is 266 g/mol. The Bertz CT molecular complexity index is 538. The number of carboxylic acids is 1. The normalized spacial score (nSPS) is 19.3. The van der Waals surface area contributed by atoms with E-state index < -0.39 is 5.97 Å². The third-order valence-corrected chi connectivity index (χ3v) is 4.65. The van der Waals surface area contributed by atoms with Gasteiger partial charge in [0.1, 0.15) is 4.88 Å². The zero-order valence-corrected chi connectivity index (χ0v) is 11.4. The minimum Gasteiger partial charge on any atom is -0.477 e. The van der Waals surface area contributed by atoms with Gasteiger partial charge in [-0.2, -0.15) is 0 Å². The fourth-order valence-corrected chi connectivity index (χ4v) is 3.16. The van der Waals surface area contributed by atoms with Gasteiger partial charge in [0.25, 0.3) is 0 Å². The van der Waals surface area contributed by atoms with Gasteiger partial charge in [-0.3, -0.25) is 4.90 Å². The average Bonchev–Trinajstić information content (AvgIpc) is 2.98. The quantitative estimate of drug-likeness (QED) is 0.913. The summed E-state index contributed by atoms with van der Waals surface area (Å²) in [5, 5.41) is 9.52. The zero-order valence-electron chi connectivity index (χ0n) is 10.6. The summed E-state index contributed by atoms with van der Waals surface area (Å²) < 4.78 is 0. The van der Waals surface area contributed by atoms with E-state index >= 15 is 0 Å². The van der Waals surface area contributed by atoms with Crippen LogP contribution < -0.4 is 4.90 Å².